The highest BCUT2D eigenvalue weighted by molar-refractivity contribution is 5.96. The third-order valence-electron chi connectivity index (χ3n) is 7.50. The SMILES string of the molecule is CC(=O)c1ccc2c(c1)Cc1nc(Cc3cccc(C(O)C(F)(F)F)c3)nc(NCCCN3CCCCC3)c1-2. The Hall–Kier alpha value is -3.30. The van der Waals surface area contributed by atoms with Gasteiger partial charge in [-0.2, -0.15) is 13.2 Å². The monoisotopic (exact) mass is 538 g/mol. The number of likely N-dealkylation sites (tertiary alicyclic amines) is 1. The molecule has 0 bridgehead atoms. The zero-order valence-electron chi connectivity index (χ0n) is 22.0. The maximum atomic E-state index is 13.1. The third-order valence-corrected chi connectivity index (χ3v) is 7.50. The normalized spacial score (nSPS) is 16.0. The number of hydrogen-bond donors (Lipinski definition) is 2. The van der Waals surface area contributed by atoms with Gasteiger partial charge in [0.2, 0.25) is 0 Å². The van der Waals surface area contributed by atoms with Gasteiger partial charge in [-0.15, -0.1) is 0 Å². The average Bonchev–Trinajstić information content (AvgIpc) is 3.28. The van der Waals surface area contributed by atoms with E-state index in [1.165, 1.54) is 37.5 Å². The van der Waals surface area contributed by atoms with Gasteiger partial charge in [0, 0.05) is 30.5 Å². The molecule has 2 N–H and O–H groups in total. The summed E-state index contributed by atoms with van der Waals surface area (Å²) in [5.74, 6) is 1.19. The molecule has 0 saturated carbocycles. The molecule has 5 rings (SSSR count). The number of ketones is 1. The van der Waals surface area contributed by atoms with Crippen LogP contribution in [0.3, 0.4) is 0 Å². The van der Waals surface area contributed by atoms with Crippen molar-refractivity contribution in [2.75, 3.05) is 31.5 Å². The summed E-state index contributed by atoms with van der Waals surface area (Å²) in [4.78, 5) is 24.1. The molecule has 2 aromatic carbocycles. The molecule has 1 saturated heterocycles. The lowest BCUT2D eigenvalue weighted by Gasteiger charge is -2.26. The van der Waals surface area contributed by atoms with Gasteiger partial charge in [0.05, 0.1) is 5.69 Å². The molecule has 1 aliphatic heterocycles. The van der Waals surface area contributed by atoms with Gasteiger partial charge in [-0.3, -0.25) is 4.79 Å². The van der Waals surface area contributed by atoms with Gasteiger partial charge in [-0.25, -0.2) is 9.97 Å². The number of nitrogens with one attached hydrogen (secondary N) is 1. The summed E-state index contributed by atoms with van der Waals surface area (Å²) in [6, 6.07) is 11.5. The number of halogens is 3. The molecule has 1 aliphatic carbocycles. The lowest BCUT2D eigenvalue weighted by molar-refractivity contribution is -0.206. The molecular formula is C30H33F3N4O2. The minimum absolute atomic E-state index is 0.00230. The van der Waals surface area contributed by atoms with Crippen molar-refractivity contribution in [3.8, 4) is 11.1 Å². The van der Waals surface area contributed by atoms with E-state index in [-0.39, 0.29) is 17.8 Å². The molecule has 39 heavy (non-hydrogen) atoms. The second-order valence-electron chi connectivity index (χ2n) is 10.5. The predicted molar refractivity (Wildman–Crippen MR) is 144 cm³/mol. The van der Waals surface area contributed by atoms with Gasteiger partial charge < -0.3 is 15.3 Å². The maximum absolute atomic E-state index is 13.1. The van der Waals surface area contributed by atoms with Crippen molar-refractivity contribution in [1.82, 2.24) is 14.9 Å². The van der Waals surface area contributed by atoms with Gasteiger partial charge in [0.1, 0.15) is 11.6 Å². The number of rotatable bonds is 9. The van der Waals surface area contributed by atoms with Crippen molar-refractivity contribution in [2.45, 2.75) is 57.7 Å². The lowest BCUT2D eigenvalue weighted by atomic mass is 10.0. The van der Waals surface area contributed by atoms with Crippen LogP contribution in [0.2, 0.25) is 0 Å². The fourth-order valence-corrected chi connectivity index (χ4v) is 5.50. The molecule has 0 amide bonds. The van der Waals surface area contributed by atoms with Crippen molar-refractivity contribution >= 4 is 11.6 Å². The summed E-state index contributed by atoms with van der Waals surface area (Å²) >= 11 is 0. The molecule has 2 aliphatic rings. The summed E-state index contributed by atoms with van der Waals surface area (Å²) in [7, 11) is 0. The fraction of sp³-hybridized carbons (Fsp3) is 0.433. The molecule has 206 valence electrons. The number of hydrogen-bond acceptors (Lipinski definition) is 6. The van der Waals surface area contributed by atoms with E-state index in [2.05, 4.69) is 10.2 Å². The van der Waals surface area contributed by atoms with E-state index in [9.17, 15) is 23.1 Å². The minimum atomic E-state index is -4.74. The van der Waals surface area contributed by atoms with Gasteiger partial charge in [-0.05, 0) is 74.1 Å². The van der Waals surface area contributed by atoms with Crippen LogP contribution >= 0.6 is 0 Å². The molecule has 6 nitrogen and oxygen atoms in total. The van der Waals surface area contributed by atoms with Crippen LogP contribution in [-0.2, 0) is 12.8 Å². The van der Waals surface area contributed by atoms with E-state index >= 15 is 0 Å². The second-order valence-corrected chi connectivity index (χ2v) is 10.5. The van der Waals surface area contributed by atoms with E-state index in [1.54, 1.807) is 13.0 Å². The number of aromatic nitrogens is 2. The van der Waals surface area contributed by atoms with Crippen LogP contribution in [0, 0.1) is 0 Å². The highest BCUT2D eigenvalue weighted by Gasteiger charge is 2.39. The first-order valence-corrected chi connectivity index (χ1v) is 13.5. The van der Waals surface area contributed by atoms with Crippen LogP contribution in [0.25, 0.3) is 11.1 Å². The molecule has 9 heteroatoms. The highest BCUT2D eigenvalue weighted by Crippen LogP contribution is 2.40. The standard InChI is InChI=1S/C30H33F3N4O2/c1-19(38)21-9-10-24-23(17-21)18-25-27(24)29(34-11-6-14-37-12-3-2-4-13-37)36-26(35-25)16-20-7-5-8-22(15-20)28(39)30(31,32)33/h5,7-10,15,17,28,39H,2-4,6,11-14,16,18H2,1H3,(H,34,35,36). The van der Waals surface area contributed by atoms with Crippen LogP contribution in [0.1, 0.15) is 77.3 Å². The predicted octanol–water partition coefficient (Wildman–Crippen LogP) is 5.72. The molecule has 1 fully saturated rings. The topological polar surface area (TPSA) is 78.3 Å². The van der Waals surface area contributed by atoms with Gasteiger partial charge in [0.25, 0.3) is 0 Å². The van der Waals surface area contributed by atoms with Crippen LogP contribution < -0.4 is 5.32 Å². The Morgan fingerprint density at radius 1 is 1.10 bits per heavy atom. The first kappa shape index (κ1) is 27.3. The number of carbonyl (C=O) groups is 1. The molecule has 2 heterocycles. The number of Topliss-reactive ketones (excluding diaryl/α,β-unsaturated/α-hetero) is 1. The van der Waals surface area contributed by atoms with Crippen LogP contribution in [0.4, 0.5) is 19.0 Å². The van der Waals surface area contributed by atoms with Gasteiger partial charge in [-0.1, -0.05) is 42.8 Å². The number of fused-ring (bicyclic) bond motifs is 3. The Morgan fingerprint density at radius 2 is 1.90 bits per heavy atom. The summed E-state index contributed by atoms with van der Waals surface area (Å²) in [5.41, 5.74) is 4.78. The van der Waals surface area contributed by atoms with E-state index in [0.717, 1.165) is 55.0 Å². The highest BCUT2D eigenvalue weighted by atomic mass is 19.4. The first-order valence-electron chi connectivity index (χ1n) is 13.5. The van der Waals surface area contributed by atoms with Crippen molar-refractivity contribution in [2.24, 2.45) is 0 Å². The number of piperidine rings is 1. The summed E-state index contributed by atoms with van der Waals surface area (Å²) in [6.45, 7) is 5.57. The molecule has 1 atom stereocenters. The maximum Gasteiger partial charge on any atom is 0.418 e. The summed E-state index contributed by atoms with van der Waals surface area (Å²) in [6.07, 6.45) is -1.75. The van der Waals surface area contributed by atoms with Crippen LogP contribution in [0.5, 0.6) is 0 Å². The number of nitrogens with zero attached hydrogens (tertiary/aromatic N) is 3. The zero-order chi connectivity index (χ0) is 27.6. The van der Waals surface area contributed by atoms with Gasteiger partial charge >= 0.3 is 6.18 Å². The Balaban J connectivity index is 1.40. The lowest BCUT2D eigenvalue weighted by Crippen LogP contribution is -2.31. The van der Waals surface area contributed by atoms with Crippen molar-refractivity contribution in [3.05, 3.63) is 76.2 Å². The van der Waals surface area contributed by atoms with Crippen LogP contribution in [0.15, 0.2) is 42.5 Å². The fourth-order valence-electron chi connectivity index (χ4n) is 5.50. The minimum Gasteiger partial charge on any atom is -0.379 e. The molecule has 1 aromatic heterocycles. The Morgan fingerprint density at radius 3 is 2.64 bits per heavy atom. The van der Waals surface area contributed by atoms with Crippen molar-refractivity contribution in [1.29, 1.82) is 0 Å². The Bertz CT molecular complexity index is 1350. The quantitative estimate of drug-likeness (QED) is 0.210. The summed E-state index contributed by atoms with van der Waals surface area (Å²) in [5, 5.41) is 13.2. The van der Waals surface area contributed by atoms with Crippen molar-refractivity contribution in [3.63, 3.8) is 0 Å². The number of benzene rings is 2. The smallest absolute Gasteiger partial charge is 0.379 e. The molecule has 0 spiro atoms. The second kappa shape index (κ2) is 11.4. The molecule has 3 aromatic rings. The summed E-state index contributed by atoms with van der Waals surface area (Å²) < 4.78 is 39.2. The Labute approximate surface area is 226 Å². The average molecular weight is 539 g/mol. The van der Waals surface area contributed by atoms with E-state index in [1.807, 2.05) is 18.2 Å². The number of aliphatic hydroxyl groups is 1. The van der Waals surface area contributed by atoms with E-state index < -0.39 is 12.3 Å². The molecule has 0 radical (unpaired) electrons. The zero-order valence-corrected chi connectivity index (χ0v) is 22.0. The Kier molecular flexibility index (Phi) is 8.00. The number of carbonyl (C=O) groups excluding carboxylic acids is 1. The molecule has 1 unspecified atom stereocenters. The first-order chi connectivity index (χ1) is 18.7. The largest absolute Gasteiger partial charge is 0.418 e. The number of alkyl halides is 3. The van der Waals surface area contributed by atoms with E-state index in [4.69, 9.17) is 9.97 Å². The number of anilines is 1. The van der Waals surface area contributed by atoms with Crippen molar-refractivity contribution < 1.29 is 23.1 Å². The van der Waals surface area contributed by atoms with Gasteiger partial charge in [0.15, 0.2) is 11.9 Å². The van der Waals surface area contributed by atoms with E-state index in [0.29, 0.717) is 29.2 Å². The third kappa shape index (κ3) is 6.31. The number of aliphatic hydroxyl groups excluding tert-OH is 1. The van der Waals surface area contributed by atoms with Crippen LogP contribution in [-0.4, -0.2) is 58.1 Å². The molecular weight excluding hydrogens is 505 g/mol.